The predicted molar refractivity (Wildman–Crippen MR) is 33.1 cm³/mol. The van der Waals surface area contributed by atoms with Crippen LogP contribution in [0.15, 0.2) is 11.5 Å². The largest absolute Gasteiger partial charge is 0.499 e. The number of allylic oxidation sites excluding steroid dienone is 1. The Morgan fingerprint density at radius 1 is 1.44 bits per heavy atom. The van der Waals surface area contributed by atoms with E-state index in [4.69, 9.17) is 11.5 Å². The van der Waals surface area contributed by atoms with E-state index in [9.17, 15) is 4.79 Å². The Hall–Kier alpha value is -1.19. The van der Waals surface area contributed by atoms with Gasteiger partial charge in [-0.15, -0.1) is 0 Å². The standard InChI is InChI=1S/C5H10N2O2/c1-3(9-2)4(6)5(7)8/h6H2,1-2H3,(H2,7,8)/b4-3+. The van der Waals surface area contributed by atoms with E-state index in [2.05, 4.69) is 4.74 Å². The summed E-state index contributed by atoms with van der Waals surface area (Å²) in [5.41, 5.74) is 9.93. The van der Waals surface area contributed by atoms with Gasteiger partial charge >= 0.3 is 0 Å². The molecule has 0 fully saturated rings. The zero-order valence-corrected chi connectivity index (χ0v) is 5.47. The molecule has 0 atom stereocenters. The van der Waals surface area contributed by atoms with Crippen LogP contribution in [-0.2, 0) is 9.53 Å². The van der Waals surface area contributed by atoms with Crippen LogP contribution < -0.4 is 11.5 Å². The van der Waals surface area contributed by atoms with Crippen molar-refractivity contribution in [2.45, 2.75) is 6.92 Å². The van der Waals surface area contributed by atoms with Crippen LogP contribution in [0.25, 0.3) is 0 Å². The third-order valence-electron chi connectivity index (χ3n) is 0.951. The number of primary amides is 1. The van der Waals surface area contributed by atoms with Crippen molar-refractivity contribution in [3.8, 4) is 0 Å². The Morgan fingerprint density at radius 2 is 1.89 bits per heavy atom. The van der Waals surface area contributed by atoms with Crippen LogP contribution in [0, 0.1) is 0 Å². The molecule has 0 spiro atoms. The molecule has 52 valence electrons. The van der Waals surface area contributed by atoms with Crippen molar-refractivity contribution in [2.75, 3.05) is 7.11 Å². The SMILES string of the molecule is CO/C(C)=C(/N)C(N)=O. The second-order valence-corrected chi connectivity index (χ2v) is 1.54. The molecule has 0 aromatic carbocycles. The smallest absolute Gasteiger partial charge is 0.268 e. The zero-order chi connectivity index (χ0) is 7.44. The average molecular weight is 130 g/mol. The maximum atomic E-state index is 10.3. The van der Waals surface area contributed by atoms with E-state index in [1.807, 2.05) is 0 Å². The first-order valence-corrected chi connectivity index (χ1v) is 2.39. The highest BCUT2D eigenvalue weighted by molar-refractivity contribution is 5.91. The van der Waals surface area contributed by atoms with Crippen LogP contribution >= 0.6 is 0 Å². The van der Waals surface area contributed by atoms with E-state index in [0.29, 0.717) is 5.76 Å². The van der Waals surface area contributed by atoms with E-state index in [1.54, 1.807) is 6.92 Å². The third-order valence-corrected chi connectivity index (χ3v) is 0.951. The van der Waals surface area contributed by atoms with Gasteiger partial charge in [-0.25, -0.2) is 0 Å². The highest BCUT2D eigenvalue weighted by Gasteiger charge is 2.02. The second-order valence-electron chi connectivity index (χ2n) is 1.54. The van der Waals surface area contributed by atoms with E-state index in [1.165, 1.54) is 7.11 Å². The highest BCUT2D eigenvalue weighted by atomic mass is 16.5. The number of nitrogens with two attached hydrogens (primary N) is 2. The second kappa shape index (κ2) is 2.96. The molecule has 0 aliphatic rings. The lowest BCUT2D eigenvalue weighted by molar-refractivity contribution is -0.114. The van der Waals surface area contributed by atoms with Crippen molar-refractivity contribution in [1.82, 2.24) is 0 Å². The lowest BCUT2D eigenvalue weighted by Crippen LogP contribution is -2.22. The summed E-state index contributed by atoms with van der Waals surface area (Å²) in [5.74, 6) is -0.308. The molecule has 1 amide bonds. The van der Waals surface area contributed by atoms with Gasteiger partial charge in [0, 0.05) is 0 Å². The van der Waals surface area contributed by atoms with Crippen LogP contribution in [0.1, 0.15) is 6.92 Å². The first kappa shape index (κ1) is 7.81. The average Bonchev–Trinajstić information content (AvgIpc) is 1.84. The fourth-order valence-corrected chi connectivity index (χ4v) is 0.283. The number of methoxy groups -OCH3 is 1. The van der Waals surface area contributed by atoms with Crippen LogP contribution in [0.3, 0.4) is 0 Å². The van der Waals surface area contributed by atoms with E-state index >= 15 is 0 Å². The molecule has 4 nitrogen and oxygen atoms in total. The van der Waals surface area contributed by atoms with Gasteiger partial charge in [0.1, 0.15) is 11.5 Å². The highest BCUT2D eigenvalue weighted by Crippen LogP contribution is 1.95. The van der Waals surface area contributed by atoms with Crippen molar-refractivity contribution in [3.63, 3.8) is 0 Å². The molecule has 0 rings (SSSR count). The van der Waals surface area contributed by atoms with Crippen molar-refractivity contribution in [3.05, 3.63) is 11.5 Å². The Balaban J connectivity index is 4.28. The van der Waals surface area contributed by atoms with Crippen molar-refractivity contribution in [2.24, 2.45) is 11.5 Å². The van der Waals surface area contributed by atoms with E-state index < -0.39 is 5.91 Å². The quantitative estimate of drug-likeness (QED) is 0.383. The van der Waals surface area contributed by atoms with Crippen molar-refractivity contribution in [1.29, 1.82) is 0 Å². The van der Waals surface area contributed by atoms with Crippen LogP contribution in [-0.4, -0.2) is 13.0 Å². The van der Waals surface area contributed by atoms with Gasteiger partial charge in [-0.05, 0) is 6.92 Å². The lowest BCUT2D eigenvalue weighted by atomic mass is 10.4. The lowest BCUT2D eigenvalue weighted by Gasteiger charge is -2.00. The molecule has 4 heteroatoms. The van der Waals surface area contributed by atoms with E-state index in [0.717, 1.165) is 0 Å². The molecule has 0 bridgehead atoms. The van der Waals surface area contributed by atoms with Gasteiger partial charge in [-0.2, -0.15) is 0 Å². The van der Waals surface area contributed by atoms with Crippen molar-refractivity contribution < 1.29 is 9.53 Å². The summed E-state index contributed by atoms with van der Waals surface area (Å²) in [6.07, 6.45) is 0. The topological polar surface area (TPSA) is 78.3 Å². The van der Waals surface area contributed by atoms with Gasteiger partial charge < -0.3 is 16.2 Å². The maximum Gasteiger partial charge on any atom is 0.268 e. The van der Waals surface area contributed by atoms with Gasteiger partial charge in [-0.3, -0.25) is 4.79 Å². The minimum absolute atomic E-state index is 0.0301. The Labute approximate surface area is 53.5 Å². The fourth-order valence-electron chi connectivity index (χ4n) is 0.283. The molecule has 0 unspecified atom stereocenters. The number of ether oxygens (including phenoxy) is 1. The first-order chi connectivity index (χ1) is 4.09. The van der Waals surface area contributed by atoms with E-state index in [-0.39, 0.29) is 5.70 Å². The monoisotopic (exact) mass is 130 g/mol. The molecule has 9 heavy (non-hydrogen) atoms. The predicted octanol–water partition coefficient (Wildman–Crippen LogP) is -0.692. The van der Waals surface area contributed by atoms with Gasteiger partial charge in [0.15, 0.2) is 0 Å². The fraction of sp³-hybridized carbons (Fsp3) is 0.400. The number of carbonyl (C=O) groups is 1. The summed E-state index contributed by atoms with van der Waals surface area (Å²) in [7, 11) is 1.42. The van der Waals surface area contributed by atoms with Crippen LogP contribution in [0.4, 0.5) is 0 Å². The molecule has 0 saturated carbocycles. The van der Waals surface area contributed by atoms with Crippen LogP contribution in [0.5, 0.6) is 0 Å². The maximum absolute atomic E-state index is 10.3. The molecule has 0 heterocycles. The summed E-state index contributed by atoms with van der Waals surface area (Å²) in [5, 5.41) is 0. The zero-order valence-electron chi connectivity index (χ0n) is 5.47. The number of hydrogen-bond donors (Lipinski definition) is 2. The van der Waals surface area contributed by atoms with Crippen molar-refractivity contribution >= 4 is 5.91 Å². The normalized spacial score (nSPS) is 12.2. The summed E-state index contributed by atoms with van der Waals surface area (Å²) in [6.45, 7) is 1.57. The summed E-state index contributed by atoms with van der Waals surface area (Å²) >= 11 is 0. The minimum atomic E-state index is -0.658. The first-order valence-electron chi connectivity index (χ1n) is 2.39. The molecule has 0 aromatic rings. The molecule has 4 N–H and O–H groups in total. The molecular formula is C5H10N2O2. The van der Waals surface area contributed by atoms with Gasteiger partial charge in [0.2, 0.25) is 0 Å². The van der Waals surface area contributed by atoms with Gasteiger partial charge in [0.25, 0.3) is 5.91 Å². The minimum Gasteiger partial charge on any atom is -0.499 e. The molecule has 0 aromatic heterocycles. The molecule has 0 radical (unpaired) electrons. The number of carbonyl (C=O) groups excluding carboxylic acids is 1. The summed E-state index contributed by atoms with van der Waals surface area (Å²) in [4.78, 5) is 10.3. The Morgan fingerprint density at radius 3 is 2.00 bits per heavy atom. The summed E-state index contributed by atoms with van der Waals surface area (Å²) in [6, 6.07) is 0. The molecular weight excluding hydrogens is 120 g/mol. The Bertz CT molecular complexity index is 151. The number of hydrogen-bond acceptors (Lipinski definition) is 3. The Kier molecular flexibility index (Phi) is 2.57. The van der Waals surface area contributed by atoms with Gasteiger partial charge in [0.05, 0.1) is 7.11 Å². The third kappa shape index (κ3) is 2.03. The summed E-state index contributed by atoms with van der Waals surface area (Å²) < 4.78 is 4.63. The number of rotatable bonds is 2. The molecule has 0 aliphatic heterocycles. The van der Waals surface area contributed by atoms with Gasteiger partial charge in [-0.1, -0.05) is 0 Å². The molecule has 0 aliphatic carbocycles. The number of amides is 1. The molecule has 0 saturated heterocycles. The van der Waals surface area contributed by atoms with Crippen LogP contribution in [0.2, 0.25) is 0 Å².